The van der Waals surface area contributed by atoms with Crippen molar-refractivity contribution >= 4 is 18.3 Å². The number of unbranched alkanes of at least 4 members (excludes halogenated alkanes) is 2. The summed E-state index contributed by atoms with van der Waals surface area (Å²) in [6, 6.07) is 7.68. The Bertz CT molecular complexity index is 806. The first kappa shape index (κ1) is 32.4. The molecule has 1 aromatic rings. The van der Waals surface area contributed by atoms with Crippen molar-refractivity contribution in [3.8, 4) is 5.75 Å². The van der Waals surface area contributed by atoms with Crippen molar-refractivity contribution in [3.63, 3.8) is 0 Å². The Morgan fingerprint density at radius 3 is 2.43 bits per heavy atom. The van der Waals surface area contributed by atoms with Gasteiger partial charge in [-0.15, -0.1) is 0 Å². The standard InChI is InChI=1S/C20H30N2O4.C7H13NO.CH5N/c1-20(2,3)26-19(24)21-13-8-4-5-11-18(23)22-16-12-14-25-17-10-7-6-9-15(16)17;8-7(5-9)6-3-1-2-4-6;1-2/h6-7,9-10,16H,4-5,8,11-14H2,1-3H3,(H,21,24)(H,22,23);5-7H,1-4,8H2;2H2,1H3. The molecule has 3 rings (SSSR count). The Morgan fingerprint density at radius 2 is 1.78 bits per heavy atom. The molecule has 2 aliphatic rings. The summed E-state index contributed by atoms with van der Waals surface area (Å²) in [5, 5.41) is 5.83. The maximum Gasteiger partial charge on any atom is 0.407 e. The Labute approximate surface area is 222 Å². The van der Waals surface area contributed by atoms with Crippen LogP contribution in [0.25, 0.3) is 0 Å². The van der Waals surface area contributed by atoms with Crippen LogP contribution in [-0.2, 0) is 14.3 Å². The lowest BCUT2D eigenvalue weighted by Gasteiger charge is -2.26. The monoisotopic (exact) mass is 520 g/mol. The number of carbonyl (C=O) groups excluding carboxylic acids is 3. The predicted molar refractivity (Wildman–Crippen MR) is 146 cm³/mol. The summed E-state index contributed by atoms with van der Waals surface area (Å²) in [5.74, 6) is 1.41. The third kappa shape index (κ3) is 13.5. The van der Waals surface area contributed by atoms with Crippen LogP contribution >= 0.6 is 0 Å². The van der Waals surface area contributed by atoms with Crippen LogP contribution in [0.4, 0.5) is 4.79 Å². The molecule has 9 nitrogen and oxygen atoms in total. The minimum atomic E-state index is -0.481. The second-order valence-corrected chi connectivity index (χ2v) is 10.3. The average Bonchev–Trinajstić information content (AvgIpc) is 3.42. The van der Waals surface area contributed by atoms with Gasteiger partial charge in [0.2, 0.25) is 5.91 Å². The van der Waals surface area contributed by atoms with Gasteiger partial charge < -0.3 is 36.4 Å². The third-order valence-corrected chi connectivity index (χ3v) is 6.14. The lowest BCUT2D eigenvalue weighted by molar-refractivity contribution is -0.122. The second-order valence-electron chi connectivity index (χ2n) is 10.3. The lowest BCUT2D eigenvalue weighted by atomic mass is 10.0. The molecule has 0 saturated heterocycles. The fourth-order valence-electron chi connectivity index (χ4n) is 4.30. The fraction of sp³-hybridized carbons (Fsp3) is 0.679. The van der Waals surface area contributed by atoms with Crippen LogP contribution in [-0.4, -0.2) is 50.1 Å². The highest BCUT2D eigenvalue weighted by molar-refractivity contribution is 5.76. The third-order valence-electron chi connectivity index (χ3n) is 6.14. The number of rotatable bonds is 9. The van der Waals surface area contributed by atoms with Crippen molar-refractivity contribution in [1.82, 2.24) is 10.6 Å². The number of nitrogens with two attached hydrogens (primary N) is 2. The summed E-state index contributed by atoms with van der Waals surface area (Å²) in [6.45, 7) is 6.69. The van der Waals surface area contributed by atoms with Crippen molar-refractivity contribution in [3.05, 3.63) is 29.8 Å². The number of fused-ring (bicyclic) bond motifs is 1. The highest BCUT2D eigenvalue weighted by atomic mass is 16.6. The highest BCUT2D eigenvalue weighted by Crippen LogP contribution is 2.31. The number of hydrogen-bond donors (Lipinski definition) is 4. The second kappa shape index (κ2) is 17.7. The van der Waals surface area contributed by atoms with Crippen LogP contribution < -0.4 is 26.8 Å². The van der Waals surface area contributed by atoms with Gasteiger partial charge in [0.05, 0.1) is 18.7 Å². The smallest absolute Gasteiger partial charge is 0.407 e. The van der Waals surface area contributed by atoms with Crippen LogP contribution in [0.5, 0.6) is 5.75 Å². The lowest BCUT2D eigenvalue weighted by Crippen LogP contribution is -2.33. The molecular formula is C28H48N4O5. The topological polar surface area (TPSA) is 146 Å². The Balaban J connectivity index is 0.000000519. The zero-order chi connectivity index (χ0) is 27.7. The van der Waals surface area contributed by atoms with Crippen LogP contribution in [0.3, 0.4) is 0 Å². The summed E-state index contributed by atoms with van der Waals surface area (Å²) in [7, 11) is 1.50. The first-order chi connectivity index (χ1) is 17.7. The number of ether oxygens (including phenoxy) is 2. The number of aldehydes is 1. The van der Waals surface area contributed by atoms with Gasteiger partial charge in [-0.2, -0.15) is 0 Å². The summed E-state index contributed by atoms with van der Waals surface area (Å²) in [6.07, 6.45) is 9.09. The van der Waals surface area contributed by atoms with Crippen molar-refractivity contribution in [2.24, 2.45) is 17.4 Å². The number of para-hydroxylation sites is 1. The SMILES string of the molecule is CC(C)(C)OC(=O)NCCCCCC(=O)NC1CCOc2ccccc21.CN.NC(C=O)C1CCCC1. The van der Waals surface area contributed by atoms with Crippen LogP contribution in [0.1, 0.15) is 90.2 Å². The molecule has 1 heterocycles. The molecule has 6 N–H and O–H groups in total. The van der Waals surface area contributed by atoms with Crippen molar-refractivity contribution in [2.45, 2.75) is 96.2 Å². The Hall–Kier alpha value is -2.65. The molecule has 1 fully saturated rings. The van der Waals surface area contributed by atoms with E-state index in [2.05, 4.69) is 16.4 Å². The largest absolute Gasteiger partial charge is 0.493 e. The van der Waals surface area contributed by atoms with Crippen LogP contribution in [0.15, 0.2) is 24.3 Å². The van der Waals surface area contributed by atoms with Gasteiger partial charge in [-0.3, -0.25) is 4.79 Å². The molecule has 0 radical (unpaired) electrons. The van der Waals surface area contributed by atoms with E-state index in [1.807, 2.05) is 45.0 Å². The van der Waals surface area contributed by atoms with Crippen LogP contribution in [0, 0.1) is 5.92 Å². The fourth-order valence-corrected chi connectivity index (χ4v) is 4.30. The van der Waals surface area contributed by atoms with Gasteiger partial charge >= 0.3 is 6.09 Å². The van der Waals surface area contributed by atoms with Crippen molar-refractivity contribution < 1.29 is 23.9 Å². The molecule has 9 heteroatoms. The summed E-state index contributed by atoms with van der Waals surface area (Å²) >= 11 is 0. The highest BCUT2D eigenvalue weighted by Gasteiger charge is 2.22. The minimum Gasteiger partial charge on any atom is -0.493 e. The summed E-state index contributed by atoms with van der Waals surface area (Å²) < 4.78 is 10.8. The molecule has 2 atom stereocenters. The van der Waals surface area contributed by atoms with Crippen molar-refractivity contribution in [2.75, 3.05) is 20.2 Å². The van der Waals surface area contributed by atoms with Gasteiger partial charge in [0, 0.05) is 24.9 Å². The first-order valence-electron chi connectivity index (χ1n) is 13.5. The van der Waals surface area contributed by atoms with E-state index in [4.69, 9.17) is 15.2 Å². The van der Waals surface area contributed by atoms with E-state index in [9.17, 15) is 14.4 Å². The molecule has 37 heavy (non-hydrogen) atoms. The Kier molecular flexibility index (Phi) is 15.5. The van der Waals surface area contributed by atoms with Crippen LogP contribution in [0.2, 0.25) is 0 Å². The van der Waals surface area contributed by atoms with Gasteiger partial charge in [-0.1, -0.05) is 37.5 Å². The van der Waals surface area contributed by atoms with E-state index in [0.29, 0.717) is 25.5 Å². The van der Waals surface area contributed by atoms with E-state index in [0.717, 1.165) is 56.1 Å². The van der Waals surface area contributed by atoms with E-state index >= 15 is 0 Å². The van der Waals surface area contributed by atoms with E-state index in [1.165, 1.54) is 19.9 Å². The van der Waals surface area contributed by atoms with E-state index in [1.54, 1.807) is 0 Å². The summed E-state index contributed by atoms with van der Waals surface area (Å²) in [5.41, 5.74) is 10.6. The zero-order valence-electron chi connectivity index (χ0n) is 23.1. The molecule has 1 aliphatic carbocycles. The summed E-state index contributed by atoms with van der Waals surface area (Å²) in [4.78, 5) is 33.9. The normalized spacial score (nSPS) is 17.4. The molecule has 1 aliphatic heterocycles. The molecule has 0 spiro atoms. The minimum absolute atomic E-state index is 0.0290. The molecule has 210 valence electrons. The maximum absolute atomic E-state index is 12.2. The molecular weight excluding hydrogens is 472 g/mol. The molecule has 1 saturated carbocycles. The molecule has 1 aromatic carbocycles. The Morgan fingerprint density at radius 1 is 1.11 bits per heavy atom. The van der Waals surface area contributed by atoms with Gasteiger partial charge in [0.25, 0.3) is 0 Å². The number of nitrogens with one attached hydrogen (secondary N) is 2. The number of alkyl carbamates (subject to hydrolysis) is 1. The van der Waals surface area contributed by atoms with Gasteiger partial charge in [0.1, 0.15) is 17.6 Å². The van der Waals surface area contributed by atoms with Gasteiger partial charge in [-0.25, -0.2) is 4.79 Å². The maximum atomic E-state index is 12.2. The number of hydrogen-bond acceptors (Lipinski definition) is 7. The first-order valence-corrected chi connectivity index (χ1v) is 13.5. The zero-order valence-corrected chi connectivity index (χ0v) is 23.1. The van der Waals surface area contributed by atoms with Gasteiger partial charge in [0.15, 0.2) is 0 Å². The molecule has 0 bridgehead atoms. The molecule has 2 amide bonds. The number of benzene rings is 1. The van der Waals surface area contributed by atoms with E-state index < -0.39 is 11.7 Å². The van der Waals surface area contributed by atoms with Gasteiger partial charge in [-0.05, 0) is 65.5 Å². The predicted octanol–water partition coefficient (Wildman–Crippen LogP) is 3.99. The molecule has 2 unspecified atom stereocenters. The number of amides is 2. The quantitative estimate of drug-likeness (QED) is 0.284. The average molecular weight is 521 g/mol. The molecule has 0 aromatic heterocycles. The van der Waals surface area contributed by atoms with Crippen molar-refractivity contribution in [1.29, 1.82) is 0 Å². The number of carbonyl (C=O) groups is 3. The van der Waals surface area contributed by atoms with E-state index in [-0.39, 0.29) is 18.0 Å².